The molecule has 3 heteroatoms. The van der Waals surface area contributed by atoms with E-state index >= 15 is 0 Å². The van der Waals surface area contributed by atoms with Gasteiger partial charge in [0.25, 0.3) is 0 Å². The number of piperidine rings is 1. The fourth-order valence-corrected chi connectivity index (χ4v) is 2.08. The van der Waals surface area contributed by atoms with Crippen LogP contribution < -0.4 is 5.73 Å². The van der Waals surface area contributed by atoms with Gasteiger partial charge < -0.3 is 10.6 Å². The van der Waals surface area contributed by atoms with Gasteiger partial charge in [0.1, 0.15) is 0 Å². The van der Waals surface area contributed by atoms with E-state index in [1.165, 1.54) is 12.8 Å². The molecule has 2 N–H and O–H groups in total. The zero-order valence-corrected chi connectivity index (χ0v) is 8.95. The van der Waals surface area contributed by atoms with Crippen LogP contribution in [0.1, 0.15) is 33.6 Å². The Bertz CT molecular complexity index is 189. The SMILES string of the molecule is CC1N(C(N)=S)CCCC1(C)C. The van der Waals surface area contributed by atoms with E-state index in [0.29, 0.717) is 16.6 Å². The zero-order valence-electron chi connectivity index (χ0n) is 8.13. The summed E-state index contributed by atoms with van der Waals surface area (Å²) in [6.45, 7) is 7.79. The lowest BCUT2D eigenvalue weighted by molar-refractivity contribution is 0.106. The van der Waals surface area contributed by atoms with Crippen molar-refractivity contribution >= 4 is 17.3 Å². The second-order valence-corrected chi connectivity index (χ2v) is 4.72. The first kappa shape index (κ1) is 9.78. The number of hydrogen-bond acceptors (Lipinski definition) is 1. The maximum Gasteiger partial charge on any atom is 0.166 e. The first-order chi connectivity index (χ1) is 5.45. The fraction of sp³-hybridized carbons (Fsp3) is 0.889. The minimum absolute atomic E-state index is 0.349. The third kappa shape index (κ3) is 1.71. The Morgan fingerprint density at radius 1 is 1.58 bits per heavy atom. The summed E-state index contributed by atoms with van der Waals surface area (Å²) in [7, 11) is 0. The largest absolute Gasteiger partial charge is 0.376 e. The van der Waals surface area contributed by atoms with E-state index in [-0.39, 0.29) is 0 Å². The Labute approximate surface area is 80.1 Å². The number of hydrogen-bond donors (Lipinski definition) is 1. The molecule has 1 unspecified atom stereocenters. The van der Waals surface area contributed by atoms with Crippen LogP contribution in [0.15, 0.2) is 0 Å². The molecule has 2 nitrogen and oxygen atoms in total. The molecule has 0 bridgehead atoms. The van der Waals surface area contributed by atoms with Crippen LogP contribution in [0.4, 0.5) is 0 Å². The molecule has 0 aromatic carbocycles. The average molecular weight is 186 g/mol. The second kappa shape index (κ2) is 3.21. The molecule has 1 aliphatic rings. The topological polar surface area (TPSA) is 29.3 Å². The Kier molecular flexibility index (Phi) is 2.61. The molecular weight excluding hydrogens is 168 g/mol. The molecule has 0 aromatic heterocycles. The summed E-state index contributed by atoms with van der Waals surface area (Å²) in [5, 5.41) is 0.551. The third-order valence-electron chi connectivity index (χ3n) is 3.10. The summed E-state index contributed by atoms with van der Waals surface area (Å²) in [5.74, 6) is 0. The summed E-state index contributed by atoms with van der Waals surface area (Å²) in [6.07, 6.45) is 2.47. The number of nitrogens with zero attached hydrogens (tertiary/aromatic N) is 1. The zero-order chi connectivity index (χ0) is 9.35. The average Bonchev–Trinajstić information content (AvgIpc) is 1.94. The Hall–Kier alpha value is -0.310. The van der Waals surface area contributed by atoms with Gasteiger partial charge >= 0.3 is 0 Å². The quantitative estimate of drug-likeness (QED) is 0.584. The van der Waals surface area contributed by atoms with Gasteiger partial charge in [0.2, 0.25) is 0 Å². The van der Waals surface area contributed by atoms with E-state index in [2.05, 4.69) is 25.7 Å². The van der Waals surface area contributed by atoms with Crippen molar-refractivity contribution < 1.29 is 0 Å². The Balaban J connectivity index is 2.73. The molecule has 0 radical (unpaired) electrons. The van der Waals surface area contributed by atoms with Gasteiger partial charge in [-0.3, -0.25) is 0 Å². The van der Waals surface area contributed by atoms with Crippen molar-refractivity contribution in [2.24, 2.45) is 11.1 Å². The molecule has 1 rings (SSSR count). The first-order valence-electron chi connectivity index (χ1n) is 4.51. The molecular formula is C9H18N2S. The summed E-state index contributed by atoms with van der Waals surface area (Å²) < 4.78 is 0. The molecule has 0 spiro atoms. The highest BCUT2D eigenvalue weighted by molar-refractivity contribution is 7.80. The minimum Gasteiger partial charge on any atom is -0.376 e. The van der Waals surface area contributed by atoms with E-state index < -0.39 is 0 Å². The van der Waals surface area contributed by atoms with Crippen LogP contribution in [0.3, 0.4) is 0 Å². The van der Waals surface area contributed by atoms with Crippen LogP contribution in [-0.4, -0.2) is 22.6 Å². The summed E-state index contributed by atoms with van der Waals surface area (Å²) in [6, 6.07) is 0.476. The van der Waals surface area contributed by atoms with Gasteiger partial charge in [-0.1, -0.05) is 13.8 Å². The van der Waals surface area contributed by atoms with Gasteiger partial charge in [0.05, 0.1) is 0 Å². The Morgan fingerprint density at radius 2 is 2.17 bits per heavy atom. The van der Waals surface area contributed by atoms with Crippen molar-refractivity contribution in [1.29, 1.82) is 0 Å². The van der Waals surface area contributed by atoms with E-state index in [4.69, 9.17) is 18.0 Å². The smallest absolute Gasteiger partial charge is 0.166 e. The van der Waals surface area contributed by atoms with Crippen LogP contribution >= 0.6 is 12.2 Å². The van der Waals surface area contributed by atoms with Crippen LogP contribution in [0.25, 0.3) is 0 Å². The van der Waals surface area contributed by atoms with Gasteiger partial charge in [-0.05, 0) is 37.4 Å². The molecule has 0 aliphatic carbocycles. The first-order valence-corrected chi connectivity index (χ1v) is 4.92. The van der Waals surface area contributed by atoms with Gasteiger partial charge in [-0.2, -0.15) is 0 Å². The van der Waals surface area contributed by atoms with Crippen molar-refractivity contribution in [1.82, 2.24) is 4.90 Å². The highest BCUT2D eigenvalue weighted by atomic mass is 32.1. The molecule has 0 aromatic rings. The van der Waals surface area contributed by atoms with Crippen LogP contribution in [-0.2, 0) is 0 Å². The number of likely N-dealkylation sites (tertiary alicyclic amines) is 1. The van der Waals surface area contributed by atoms with Gasteiger partial charge in [0.15, 0.2) is 5.11 Å². The molecule has 0 amide bonds. The fourth-order valence-electron chi connectivity index (χ4n) is 1.83. The van der Waals surface area contributed by atoms with Crippen molar-refractivity contribution in [2.45, 2.75) is 39.7 Å². The molecule has 70 valence electrons. The molecule has 1 heterocycles. The lowest BCUT2D eigenvalue weighted by atomic mass is 9.77. The second-order valence-electron chi connectivity index (χ2n) is 4.30. The monoisotopic (exact) mass is 186 g/mol. The van der Waals surface area contributed by atoms with E-state index in [0.717, 1.165) is 6.54 Å². The summed E-state index contributed by atoms with van der Waals surface area (Å²) >= 11 is 5.00. The van der Waals surface area contributed by atoms with Crippen LogP contribution in [0, 0.1) is 5.41 Å². The van der Waals surface area contributed by atoms with Crippen LogP contribution in [0.2, 0.25) is 0 Å². The molecule has 1 fully saturated rings. The lowest BCUT2D eigenvalue weighted by Crippen LogP contribution is -2.52. The standard InChI is InChI=1S/C9H18N2S/c1-7-9(2,3)5-4-6-11(7)8(10)12/h7H,4-6H2,1-3H3,(H2,10,12). The highest BCUT2D eigenvalue weighted by Gasteiger charge is 2.34. The number of nitrogens with two attached hydrogens (primary N) is 1. The van der Waals surface area contributed by atoms with E-state index in [1.807, 2.05) is 0 Å². The maximum atomic E-state index is 5.64. The van der Waals surface area contributed by atoms with E-state index in [9.17, 15) is 0 Å². The van der Waals surface area contributed by atoms with Crippen LogP contribution in [0.5, 0.6) is 0 Å². The highest BCUT2D eigenvalue weighted by Crippen LogP contribution is 2.34. The third-order valence-corrected chi connectivity index (χ3v) is 3.34. The minimum atomic E-state index is 0.349. The van der Waals surface area contributed by atoms with Gasteiger partial charge in [0, 0.05) is 12.6 Å². The van der Waals surface area contributed by atoms with Crippen molar-refractivity contribution in [3.8, 4) is 0 Å². The van der Waals surface area contributed by atoms with Gasteiger partial charge in [-0.25, -0.2) is 0 Å². The molecule has 1 atom stereocenters. The predicted molar refractivity (Wildman–Crippen MR) is 56.0 cm³/mol. The lowest BCUT2D eigenvalue weighted by Gasteiger charge is -2.45. The number of thiocarbonyl (C=S) groups is 1. The Morgan fingerprint density at radius 3 is 2.58 bits per heavy atom. The molecule has 1 saturated heterocycles. The summed E-state index contributed by atoms with van der Waals surface area (Å²) in [4.78, 5) is 2.14. The maximum absolute atomic E-state index is 5.64. The van der Waals surface area contributed by atoms with Crippen molar-refractivity contribution in [3.63, 3.8) is 0 Å². The van der Waals surface area contributed by atoms with Crippen molar-refractivity contribution in [2.75, 3.05) is 6.54 Å². The van der Waals surface area contributed by atoms with Gasteiger partial charge in [-0.15, -0.1) is 0 Å². The summed E-state index contributed by atoms with van der Waals surface area (Å²) in [5.41, 5.74) is 5.98. The molecule has 12 heavy (non-hydrogen) atoms. The normalized spacial score (nSPS) is 28.6. The predicted octanol–water partition coefficient (Wildman–Crippen LogP) is 1.74. The number of rotatable bonds is 0. The molecule has 1 aliphatic heterocycles. The van der Waals surface area contributed by atoms with E-state index in [1.54, 1.807) is 0 Å². The molecule has 0 saturated carbocycles. The van der Waals surface area contributed by atoms with Crippen molar-refractivity contribution in [3.05, 3.63) is 0 Å².